The summed E-state index contributed by atoms with van der Waals surface area (Å²) >= 11 is 0. The second-order valence-electron chi connectivity index (χ2n) is 6.32. The first-order valence-corrected chi connectivity index (χ1v) is 8.49. The highest BCUT2D eigenvalue weighted by Crippen LogP contribution is 2.31. The van der Waals surface area contributed by atoms with E-state index in [1.807, 2.05) is 0 Å². The van der Waals surface area contributed by atoms with E-state index in [2.05, 4.69) is 16.7 Å². The van der Waals surface area contributed by atoms with Gasteiger partial charge in [-0.05, 0) is 45.2 Å². The maximum atomic E-state index is 12.5. The van der Waals surface area contributed by atoms with Gasteiger partial charge in [-0.25, -0.2) is 0 Å². The molecule has 0 aromatic carbocycles. The minimum Gasteiger partial charge on any atom is -0.335 e. The van der Waals surface area contributed by atoms with Crippen LogP contribution in [0, 0.1) is 0 Å². The Hall–Kier alpha value is -0.0300. The van der Waals surface area contributed by atoms with Crippen molar-refractivity contribution in [2.45, 2.75) is 70.4 Å². The molecule has 22 heavy (non-hydrogen) atoms. The predicted octanol–water partition coefficient (Wildman–Crippen LogP) is 2.82. The lowest BCUT2D eigenvalue weighted by Crippen LogP contribution is -2.43. The monoisotopic (exact) mass is 353 g/mol. The highest BCUT2D eigenvalue weighted by Gasteiger charge is 2.39. The Balaban J connectivity index is 0.00000220. The van der Waals surface area contributed by atoms with Crippen molar-refractivity contribution in [2.24, 2.45) is 5.73 Å². The minimum atomic E-state index is 0. The highest BCUT2D eigenvalue weighted by molar-refractivity contribution is 5.85. The maximum absolute atomic E-state index is 12.5. The molecule has 2 atom stereocenters. The summed E-state index contributed by atoms with van der Waals surface area (Å²) in [6.45, 7) is 6.37. The van der Waals surface area contributed by atoms with Gasteiger partial charge in [-0.1, -0.05) is 19.8 Å². The third-order valence-corrected chi connectivity index (χ3v) is 4.95. The molecule has 0 saturated carbocycles. The molecule has 0 aliphatic carbocycles. The number of fused-ring (bicyclic) bond motifs is 2. The van der Waals surface area contributed by atoms with E-state index in [4.69, 9.17) is 5.73 Å². The van der Waals surface area contributed by atoms with E-state index < -0.39 is 0 Å². The third-order valence-electron chi connectivity index (χ3n) is 4.95. The van der Waals surface area contributed by atoms with Crippen molar-refractivity contribution in [3.8, 4) is 0 Å². The lowest BCUT2D eigenvalue weighted by Gasteiger charge is -2.29. The van der Waals surface area contributed by atoms with Gasteiger partial charge in [0.05, 0.1) is 0 Å². The number of hydrogen-bond donors (Lipinski definition) is 1. The van der Waals surface area contributed by atoms with E-state index in [0.29, 0.717) is 18.0 Å². The number of carbonyl (C=O) groups excluding carboxylic acids is 1. The molecule has 2 N–H and O–H groups in total. The van der Waals surface area contributed by atoms with Crippen LogP contribution in [0.2, 0.25) is 0 Å². The number of nitrogens with zero attached hydrogens (tertiary/aromatic N) is 2. The van der Waals surface area contributed by atoms with Crippen LogP contribution in [0.15, 0.2) is 0 Å². The molecule has 2 aliphatic rings. The largest absolute Gasteiger partial charge is 0.335 e. The van der Waals surface area contributed by atoms with Gasteiger partial charge in [0.1, 0.15) is 0 Å². The van der Waals surface area contributed by atoms with Crippen LogP contribution in [0.4, 0.5) is 0 Å². The normalized spacial score (nSPS) is 24.4. The smallest absolute Gasteiger partial charge is 0.223 e. The van der Waals surface area contributed by atoms with Gasteiger partial charge in [-0.3, -0.25) is 4.79 Å². The standard InChI is InChI=1S/C16H31N3O.2ClH/c1-2-18-12-10-14-8-9-15(13-18)19(14)16(20)7-5-3-4-6-11-17;;/h14-15H,2-13,17H2,1H3;2*1H. The summed E-state index contributed by atoms with van der Waals surface area (Å²) < 4.78 is 0. The molecule has 2 rings (SSSR count). The van der Waals surface area contributed by atoms with Crippen molar-refractivity contribution in [1.82, 2.24) is 9.80 Å². The number of amides is 1. The van der Waals surface area contributed by atoms with Gasteiger partial charge >= 0.3 is 0 Å². The Bertz CT molecular complexity index is 318. The first kappa shape index (κ1) is 22.0. The summed E-state index contributed by atoms with van der Waals surface area (Å²) in [5, 5.41) is 0. The first-order chi connectivity index (χ1) is 9.76. The van der Waals surface area contributed by atoms with E-state index in [9.17, 15) is 4.79 Å². The first-order valence-electron chi connectivity index (χ1n) is 8.49. The summed E-state index contributed by atoms with van der Waals surface area (Å²) in [4.78, 5) is 17.3. The SMILES string of the molecule is CCN1CCC2CCC(C1)N2C(=O)CCCCCCN.Cl.Cl. The fraction of sp³-hybridized carbons (Fsp3) is 0.938. The average molecular weight is 354 g/mol. The van der Waals surface area contributed by atoms with Crippen LogP contribution in [0.25, 0.3) is 0 Å². The Labute approximate surface area is 148 Å². The van der Waals surface area contributed by atoms with Crippen molar-refractivity contribution in [3.63, 3.8) is 0 Å². The van der Waals surface area contributed by atoms with Crippen LogP contribution in [0.5, 0.6) is 0 Å². The van der Waals surface area contributed by atoms with Gasteiger partial charge in [0, 0.05) is 31.6 Å². The Morgan fingerprint density at radius 3 is 2.41 bits per heavy atom. The van der Waals surface area contributed by atoms with Crippen LogP contribution in [0.1, 0.15) is 58.3 Å². The van der Waals surface area contributed by atoms with Gasteiger partial charge in [-0.2, -0.15) is 0 Å². The van der Waals surface area contributed by atoms with E-state index in [1.165, 1.54) is 25.7 Å². The van der Waals surface area contributed by atoms with Crippen molar-refractivity contribution >= 4 is 30.7 Å². The number of likely N-dealkylation sites (N-methyl/N-ethyl adjacent to an activating group) is 1. The number of hydrogen-bond acceptors (Lipinski definition) is 3. The van der Waals surface area contributed by atoms with Crippen LogP contribution in [-0.2, 0) is 4.79 Å². The zero-order chi connectivity index (χ0) is 14.4. The number of unbranched alkanes of at least 4 members (excludes halogenated alkanes) is 3. The van der Waals surface area contributed by atoms with Gasteiger partial charge in [0.25, 0.3) is 0 Å². The summed E-state index contributed by atoms with van der Waals surface area (Å²) in [7, 11) is 0. The number of carbonyl (C=O) groups is 1. The molecular formula is C16H33Cl2N3O. The van der Waals surface area contributed by atoms with Gasteiger partial charge in [-0.15, -0.1) is 24.8 Å². The third kappa shape index (κ3) is 5.88. The van der Waals surface area contributed by atoms with Gasteiger partial charge < -0.3 is 15.5 Å². The fourth-order valence-electron chi connectivity index (χ4n) is 3.74. The van der Waals surface area contributed by atoms with E-state index >= 15 is 0 Å². The molecular weight excluding hydrogens is 321 g/mol. The number of nitrogens with two attached hydrogens (primary N) is 1. The van der Waals surface area contributed by atoms with Crippen LogP contribution in [0.3, 0.4) is 0 Å². The highest BCUT2D eigenvalue weighted by atomic mass is 35.5. The average Bonchev–Trinajstić information content (AvgIpc) is 2.73. The molecule has 2 fully saturated rings. The number of rotatable bonds is 7. The number of halogens is 2. The lowest BCUT2D eigenvalue weighted by atomic mass is 10.1. The van der Waals surface area contributed by atoms with Crippen LogP contribution < -0.4 is 5.73 Å². The second kappa shape index (κ2) is 11.5. The molecule has 0 aromatic heterocycles. The van der Waals surface area contributed by atoms with E-state index in [0.717, 1.165) is 51.9 Å². The van der Waals surface area contributed by atoms with E-state index in [-0.39, 0.29) is 24.8 Å². The quantitative estimate of drug-likeness (QED) is 0.716. The zero-order valence-electron chi connectivity index (χ0n) is 13.8. The molecule has 2 bridgehead atoms. The lowest BCUT2D eigenvalue weighted by molar-refractivity contribution is -0.134. The Morgan fingerprint density at radius 1 is 1.05 bits per heavy atom. The topological polar surface area (TPSA) is 49.6 Å². The maximum Gasteiger partial charge on any atom is 0.223 e. The summed E-state index contributed by atoms with van der Waals surface area (Å²) in [5.41, 5.74) is 5.50. The second-order valence-corrected chi connectivity index (χ2v) is 6.32. The molecule has 1 amide bonds. The van der Waals surface area contributed by atoms with Crippen LogP contribution in [-0.4, -0.2) is 54.0 Å². The summed E-state index contributed by atoms with van der Waals surface area (Å²) in [6.07, 6.45) is 8.78. The fourth-order valence-corrected chi connectivity index (χ4v) is 3.74. The Kier molecular flexibility index (Phi) is 11.5. The van der Waals surface area contributed by atoms with Gasteiger partial charge in [0.2, 0.25) is 5.91 Å². The molecule has 0 aromatic rings. The van der Waals surface area contributed by atoms with Crippen molar-refractivity contribution < 1.29 is 4.79 Å². The van der Waals surface area contributed by atoms with Crippen molar-refractivity contribution in [3.05, 3.63) is 0 Å². The molecule has 2 heterocycles. The van der Waals surface area contributed by atoms with Crippen molar-refractivity contribution in [1.29, 1.82) is 0 Å². The molecule has 2 unspecified atom stereocenters. The molecule has 2 aliphatic heterocycles. The molecule has 4 nitrogen and oxygen atoms in total. The Morgan fingerprint density at radius 2 is 1.73 bits per heavy atom. The molecule has 2 saturated heterocycles. The van der Waals surface area contributed by atoms with Crippen LogP contribution >= 0.6 is 24.8 Å². The number of likely N-dealkylation sites (tertiary alicyclic amines) is 1. The minimum absolute atomic E-state index is 0. The summed E-state index contributed by atoms with van der Waals surface area (Å²) in [5.74, 6) is 0.406. The van der Waals surface area contributed by atoms with E-state index in [1.54, 1.807) is 0 Å². The molecule has 6 heteroatoms. The van der Waals surface area contributed by atoms with Gasteiger partial charge in [0.15, 0.2) is 0 Å². The predicted molar refractivity (Wildman–Crippen MR) is 97.0 cm³/mol. The zero-order valence-corrected chi connectivity index (χ0v) is 15.5. The van der Waals surface area contributed by atoms with Crippen molar-refractivity contribution in [2.75, 3.05) is 26.2 Å². The summed E-state index contributed by atoms with van der Waals surface area (Å²) in [6, 6.07) is 1.01. The molecule has 0 radical (unpaired) electrons. The molecule has 0 spiro atoms. The molecule has 132 valence electrons.